The van der Waals surface area contributed by atoms with E-state index in [2.05, 4.69) is 20.1 Å². The van der Waals surface area contributed by atoms with Gasteiger partial charge in [0.05, 0.1) is 0 Å². The molecule has 0 bridgehead atoms. The molecular formula is C10H20N4O2. The molecule has 0 radical (unpaired) electrons. The average Bonchev–Trinajstić information content (AvgIpc) is 2.19. The Bertz CT molecular complexity index is 238. The number of carbonyl (C=O) groups is 1. The van der Waals surface area contributed by atoms with Gasteiger partial charge in [-0.05, 0) is 52.2 Å². The first kappa shape index (κ1) is 14.7. The number of hydrogen-bond acceptors (Lipinski definition) is 4. The van der Waals surface area contributed by atoms with E-state index in [0.29, 0.717) is 6.47 Å². The van der Waals surface area contributed by atoms with Gasteiger partial charge in [-0.2, -0.15) is 0 Å². The standard InChI is InChI=1S/C5H10N4.C5H10O2/c6-9-8-5-1-3-7-4-2-5;1-5(2,3)7-4-6/h5,7H,1-4H2;4H,1-3H3. The SMILES string of the molecule is CC(C)(C)OC=O.[N-]=[N+]=NC1CCNCC1. The van der Waals surface area contributed by atoms with E-state index in [9.17, 15) is 4.79 Å². The lowest BCUT2D eigenvalue weighted by atomic mass is 10.1. The molecule has 0 aromatic carbocycles. The zero-order chi connectivity index (χ0) is 12.4. The van der Waals surface area contributed by atoms with Crippen molar-refractivity contribution in [3.8, 4) is 0 Å². The molecule has 1 aliphatic rings. The van der Waals surface area contributed by atoms with Crippen molar-refractivity contribution in [3.05, 3.63) is 10.4 Å². The van der Waals surface area contributed by atoms with Gasteiger partial charge in [0.1, 0.15) is 5.60 Å². The summed E-state index contributed by atoms with van der Waals surface area (Å²) >= 11 is 0. The number of nitrogens with one attached hydrogen (secondary N) is 1. The summed E-state index contributed by atoms with van der Waals surface area (Å²) in [5.74, 6) is 0. The zero-order valence-corrected chi connectivity index (χ0v) is 10.1. The van der Waals surface area contributed by atoms with Crippen LogP contribution in [0.2, 0.25) is 0 Å². The first-order valence-electron chi connectivity index (χ1n) is 5.36. The lowest BCUT2D eigenvalue weighted by molar-refractivity contribution is -0.138. The highest BCUT2D eigenvalue weighted by Gasteiger charge is 2.09. The van der Waals surface area contributed by atoms with Crippen molar-refractivity contribution in [2.75, 3.05) is 13.1 Å². The molecule has 0 saturated carbocycles. The van der Waals surface area contributed by atoms with Crippen LogP contribution in [-0.4, -0.2) is 31.2 Å². The van der Waals surface area contributed by atoms with Crippen LogP contribution in [0.25, 0.3) is 10.4 Å². The molecule has 0 unspecified atom stereocenters. The maximum atomic E-state index is 9.60. The van der Waals surface area contributed by atoms with Crippen LogP contribution in [0.5, 0.6) is 0 Å². The Hall–Kier alpha value is -1.26. The van der Waals surface area contributed by atoms with Crippen LogP contribution in [0.3, 0.4) is 0 Å². The summed E-state index contributed by atoms with van der Waals surface area (Å²) in [5, 5.41) is 6.81. The van der Waals surface area contributed by atoms with E-state index in [1.54, 1.807) is 0 Å². The first-order chi connectivity index (χ1) is 7.49. The van der Waals surface area contributed by atoms with Gasteiger partial charge in [0.25, 0.3) is 6.47 Å². The van der Waals surface area contributed by atoms with Crippen LogP contribution in [-0.2, 0) is 9.53 Å². The van der Waals surface area contributed by atoms with Crippen LogP contribution in [0.15, 0.2) is 5.11 Å². The number of rotatable bonds is 2. The van der Waals surface area contributed by atoms with Gasteiger partial charge in [-0.3, -0.25) is 4.79 Å². The normalized spacial score (nSPS) is 16.4. The summed E-state index contributed by atoms with van der Waals surface area (Å²) in [6, 6.07) is 0.247. The largest absolute Gasteiger partial charge is 0.462 e. The Kier molecular flexibility index (Phi) is 7.33. The first-order valence-corrected chi connectivity index (χ1v) is 5.36. The number of azide groups is 1. The third-order valence-corrected chi connectivity index (χ3v) is 1.93. The number of piperidine rings is 1. The molecule has 6 nitrogen and oxygen atoms in total. The van der Waals surface area contributed by atoms with Crippen LogP contribution < -0.4 is 5.32 Å². The Morgan fingerprint density at radius 3 is 2.31 bits per heavy atom. The summed E-state index contributed by atoms with van der Waals surface area (Å²) in [6.45, 7) is 7.90. The van der Waals surface area contributed by atoms with Gasteiger partial charge in [-0.25, -0.2) is 0 Å². The van der Waals surface area contributed by atoms with E-state index < -0.39 is 0 Å². The van der Waals surface area contributed by atoms with Gasteiger partial charge in [0.2, 0.25) is 0 Å². The molecule has 1 heterocycles. The molecule has 0 aliphatic carbocycles. The molecule has 92 valence electrons. The van der Waals surface area contributed by atoms with E-state index in [1.807, 2.05) is 20.8 Å². The third-order valence-electron chi connectivity index (χ3n) is 1.93. The molecule has 0 aromatic rings. The minimum absolute atomic E-state index is 0.247. The van der Waals surface area contributed by atoms with Crippen molar-refractivity contribution < 1.29 is 9.53 Å². The fourth-order valence-electron chi connectivity index (χ4n) is 1.14. The van der Waals surface area contributed by atoms with E-state index in [1.165, 1.54) is 0 Å². The highest BCUT2D eigenvalue weighted by Crippen LogP contribution is 2.05. The second-order valence-electron chi connectivity index (χ2n) is 4.51. The van der Waals surface area contributed by atoms with Crippen molar-refractivity contribution in [2.45, 2.75) is 45.3 Å². The highest BCUT2D eigenvalue weighted by molar-refractivity contribution is 5.37. The van der Waals surface area contributed by atoms with E-state index in [-0.39, 0.29) is 11.6 Å². The Balaban J connectivity index is 0.000000293. The van der Waals surface area contributed by atoms with Crippen LogP contribution >= 0.6 is 0 Å². The van der Waals surface area contributed by atoms with Crippen LogP contribution in [0, 0.1) is 0 Å². The lowest BCUT2D eigenvalue weighted by Crippen LogP contribution is -2.29. The number of carbonyl (C=O) groups excluding carboxylic acids is 1. The van der Waals surface area contributed by atoms with Gasteiger partial charge in [0.15, 0.2) is 0 Å². The molecule has 16 heavy (non-hydrogen) atoms. The molecular weight excluding hydrogens is 208 g/mol. The molecule has 0 spiro atoms. The van der Waals surface area contributed by atoms with Gasteiger partial charge in [-0.15, -0.1) is 0 Å². The Morgan fingerprint density at radius 2 is 2.00 bits per heavy atom. The number of ether oxygens (including phenoxy) is 1. The average molecular weight is 228 g/mol. The molecule has 1 fully saturated rings. The smallest absolute Gasteiger partial charge is 0.293 e. The lowest BCUT2D eigenvalue weighted by Gasteiger charge is -2.16. The Labute approximate surface area is 96.0 Å². The minimum Gasteiger partial charge on any atom is -0.462 e. The quantitative estimate of drug-likeness (QED) is 0.339. The summed E-state index contributed by atoms with van der Waals surface area (Å²) in [6.07, 6.45) is 1.98. The second-order valence-corrected chi connectivity index (χ2v) is 4.51. The summed E-state index contributed by atoms with van der Waals surface area (Å²) in [4.78, 5) is 12.4. The van der Waals surface area contributed by atoms with Crippen LogP contribution in [0.4, 0.5) is 0 Å². The number of hydrogen-bond donors (Lipinski definition) is 1. The summed E-state index contributed by atoms with van der Waals surface area (Å²) in [7, 11) is 0. The van der Waals surface area contributed by atoms with Gasteiger partial charge in [-0.1, -0.05) is 5.11 Å². The van der Waals surface area contributed by atoms with E-state index >= 15 is 0 Å². The van der Waals surface area contributed by atoms with Crippen molar-refractivity contribution in [1.29, 1.82) is 0 Å². The Morgan fingerprint density at radius 1 is 1.44 bits per heavy atom. The predicted octanol–water partition coefficient (Wildman–Crippen LogP) is 2.01. The molecule has 0 amide bonds. The molecule has 1 N–H and O–H groups in total. The maximum absolute atomic E-state index is 9.60. The fourth-order valence-corrected chi connectivity index (χ4v) is 1.14. The third kappa shape index (κ3) is 9.30. The predicted molar refractivity (Wildman–Crippen MR) is 61.9 cm³/mol. The van der Waals surface area contributed by atoms with Gasteiger partial charge < -0.3 is 10.1 Å². The minimum atomic E-state index is -0.318. The van der Waals surface area contributed by atoms with Crippen molar-refractivity contribution >= 4 is 6.47 Å². The van der Waals surface area contributed by atoms with Crippen molar-refractivity contribution in [1.82, 2.24) is 5.32 Å². The molecule has 0 atom stereocenters. The summed E-state index contributed by atoms with van der Waals surface area (Å²) in [5.41, 5.74) is 7.74. The molecule has 1 rings (SSSR count). The van der Waals surface area contributed by atoms with E-state index in [0.717, 1.165) is 25.9 Å². The van der Waals surface area contributed by atoms with Gasteiger partial charge in [0, 0.05) is 11.0 Å². The van der Waals surface area contributed by atoms with Crippen molar-refractivity contribution in [2.24, 2.45) is 5.11 Å². The molecule has 1 saturated heterocycles. The second kappa shape index (κ2) is 7.96. The molecule has 1 aliphatic heterocycles. The van der Waals surface area contributed by atoms with Gasteiger partial charge >= 0.3 is 0 Å². The van der Waals surface area contributed by atoms with Crippen LogP contribution in [0.1, 0.15) is 33.6 Å². The fraction of sp³-hybridized carbons (Fsp3) is 0.900. The van der Waals surface area contributed by atoms with E-state index in [4.69, 9.17) is 5.53 Å². The summed E-state index contributed by atoms with van der Waals surface area (Å²) < 4.78 is 4.55. The monoisotopic (exact) mass is 228 g/mol. The maximum Gasteiger partial charge on any atom is 0.293 e. The highest BCUT2D eigenvalue weighted by atomic mass is 16.5. The zero-order valence-electron chi connectivity index (χ0n) is 10.1. The topological polar surface area (TPSA) is 87.1 Å². The molecule has 0 aromatic heterocycles. The number of nitrogens with zero attached hydrogens (tertiary/aromatic N) is 3. The van der Waals surface area contributed by atoms with Crippen molar-refractivity contribution in [3.63, 3.8) is 0 Å². The molecule has 6 heteroatoms.